The van der Waals surface area contributed by atoms with E-state index in [1.54, 1.807) is 0 Å². The molecule has 1 N–H and O–H groups in total. The number of pyridine rings is 1. The Morgan fingerprint density at radius 1 is 1.50 bits per heavy atom. The van der Waals surface area contributed by atoms with E-state index in [4.69, 9.17) is 0 Å². The molecule has 1 heterocycles. The van der Waals surface area contributed by atoms with Crippen molar-refractivity contribution in [1.29, 1.82) is 0 Å². The van der Waals surface area contributed by atoms with Gasteiger partial charge in [0, 0.05) is 30.7 Å². The van der Waals surface area contributed by atoms with Gasteiger partial charge in [0.15, 0.2) is 0 Å². The van der Waals surface area contributed by atoms with Crippen molar-refractivity contribution in [1.82, 2.24) is 10.3 Å². The molecular formula is C9H14N2S. The highest BCUT2D eigenvalue weighted by Crippen LogP contribution is 1.97. The summed E-state index contributed by atoms with van der Waals surface area (Å²) >= 11 is 4.11. The van der Waals surface area contributed by atoms with Crippen LogP contribution in [0.1, 0.15) is 11.3 Å². The molecule has 0 saturated heterocycles. The van der Waals surface area contributed by atoms with Gasteiger partial charge in [-0.25, -0.2) is 0 Å². The van der Waals surface area contributed by atoms with Crippen molar-refractivity contribution in [2.24, 2.45) is 0 Å². The van der Waals surface area contributed by atoms with Gasteiger partial charge in [0.2, 0.25) is 0 Å². The first-order chi connectivity index (χ1) is 5.83. The highest BCUT2D eigenvalue weighted by molar-refractivity contribution is 7.80. The van der Waals surface area contributed by atoms with Gasteiger partial charge in [0.25, 0.3) is 0 Å². The van der Waals surface area contributed by atoms with Gasteiger partial charge in [0.05, 0.1) is 0 Å². The highest BCUT2D eigenvalue weighted by atomic mass is 32.1. The zero-order chi connectivity index (χ0) is 8.81. The van der Waals surface area contributed by atoms with Crippen LogP contribution in [-0.4, -0.2) is 17.3 Å². The van der Waals surface area contributed by atoms with E-state index in [0.29, 0.717) is 0 Å². The third kappa shape index (κ3) is 3.24. The van der Waals surface area contributed by atoms with Crippen LogP contribution in [0.25, 0.3) is 0 Å². The van der Waals surface area contributed by atoms with Crippen LogP contribution in [0.2, 0.25) is 0 Å². The zero-order valence-electron chi connectivity index (χ0n) is 7.25. The Morgan fingerprint density at radius 3 is 2.92 bits per heavy atom. The third-order valence-electron chi connectivity index (χ3n) is 1.59. The van der Waals surface area contributed by atoms with Crippen molar-refractivity contribution in [2.45, 2.75) is 13.5 Å². The molecule has 0 radical (unpaired) electrons. The molecule has 3 heteroatoms. The SMILES string of the molecule is Cc1ccc(CNCCS)cn1. The van der Waals surface area contributed by atoms with Gasteiger partial charge in [-0.15, -0.1) is 0 Å². The molecule has 0 fully saturated rings. The molecule has 0 aliphatic carbocycles. The summed E-state index contributed by atoms with van der Waals surface area (Å²) in [7, 11) is 0. The van der Waals surface area contributed by atoms with E-state index in [1.807, 2.05) is 19.2 Å². The quantitative estimate of drug-likeness (QED) is 0.543. The van der Waals surface area contributed by atoms with Gasteiger partial charge < -0.3 is 5.32 Å². The largest absolute Gasteiger partial charge is 0.312 e. The van der Waals surface area contributed by atoms with Crippen LogP contribution in [0.3, 0.4) is 0 Å². The van der Waals surface area contributed by atoms with Crippen molar-refractivity contribution in [3.05, 3.63) is 29.6 Å². The summed E-state index contributed by atoms with van der Waals surface area (Å²) in [6.07, 6.45) is 1.90. The fourth-order valence-electron chi connectivity index (χ4n) is 0.915. The fraction of sp³-hybridized carbons (Fsp3) is 0.444. The number of thiol groups is 1. The maximum absolute atomic E-state index is 4.20. The van der Waals surface area contributed by atoms with Crippen molar-refractivity contribution >= 4 is 12.6 Å². The van der Waals surface area contributed by atoms with Crippen LogP contribution in [0, 0.1) is 6.92 Å². The molecule has 1 aromatic rings. The lowest BCUT2D eigenvalue weighted by Gasteiger charge is -2.02. The Labute approximate surface area is 78.8 Å². The Hall–Kier alpha value is -0.540. The molecule has 0 aliphatic rings. The second-order valence-electron chi connectivity index (χ2n) is 2.71. The average molecular weight is 182 g/mol. The number of aromatic nitrogens is 1. The first kappa shape index (κ1) is 9.55. The molecule has 0 spiro atoms. The third-order valence-corrected chi connectivity index (χ3v) is 1.81. The van der Waals surface area contributed by atoms with Crippen LogP contribution in [-0.2, 0) is 6.54 Å². The number of hydrogen-bond donors (Lipinski definition) is 2. The molecule has 0 aromatic carbocycles. The number of nitrogens with one attached hydrogen (secondary N) is 1. The van der Waals surface area contributed by atoms with Crippen LogP contribution in [0.4, 0.5) is 0 Å². The van der Waals surface area contributed by atoms with Crippen molar-refractivity contribution in [2.75, 3.05) is 12.3 Å². The van der Waals surface area contributed by atoms with Gasteiger partial charge in [-0.1, -0.05) is 6.07 Å². The standard InChI is InChI=1S/C9H14N2S/c1-8-2-3-9(7-11-8)6-10-4-5-12/h2-3,7,10,12H,4-6H2,1H3. The summed E-state index contributed by atoms with van der Waals surface area (Å²) in [6, 6.07) is 4.12. The van der Waals surface area contributed by atoms with Crippen molar-refractivity contribution in [3.63, 3.8) is 0 Å². The Morgan fingerprint density at radius 2 is 2.33 bits per heavy atom. The molecule has 12 heavy (non-hydrogen) atoms. The molecular weight excluding hydrogens is 168 g/mol. The molecule has 0 atom stereocenters. The van der Waals surface area contributed by atoms with Gasteiger partial charge in [-0.05, 0) is 18.6 Å². The van der Waals surface area contributed by atoms with E-state index >= 15 is 0 Å². The second kappa shape index (κ2) is 5.17. The topological polar surface area (TPSA) is 24.9 Å². The number of hydrogen-bond acceptors (Lipinski definition) is 3. The van der Waals surface area contributed by atoms with Crippen LogP contribution >= 0.6 is 12.6 Å². The maximum Gasteiger partial charge on any atom is 0.0372 e. The average Bonchev–Trinajstić information content (AvgIpc) is 2.09. The lowest BCUT2D eigenvalue weighted by atomic mass is 10.2. The van der Waals surface area contributed by atoms with Crippen LogP contribution < -0.4 is 5.32 Å². The van der Waals surface area contributed by atoms with Crippen molar-refractivity contribution < 1.29 is 0 Å². The Balaban J connectivity index is 2.37. The molecule has 1 aromatic heterocycles. The van der Waals surface area contributed by atoms with E-state index < -0.39 is 0 Å². The molecule has 66 valence electrons. The number of nitrogens with zero attached hydrogens (tertiary/aromatic N) is 1. The Bertz CT molecular complexity index is 220. The van der Waals surface area contributed by atoms with Gasteiger partial charge in [-0.3, -0.25) is 4.98 Å². The predicted molar refractivity (Wildman–Crippen MR) is 54.5 cm³/mol. The summed E-state index contributed by atoms with van der Waals surface area (Å²) in [6.45, 7) is 3.82. The minimum absolute atomic E-state index is 0.874. The summed E-state index contributed by atoms with van der Waals surface area (Å²) in [4.78, 5) is 4.20. The monoisotopic (exact) mass is 182 g/mol. The van der Waals surface area contributed by atoms with E-state index in [2.05, 4.69) is 29.0 Å². The minimum atomic E-state index is 0.874. The smallest absolute Gasteiger partial charge is 0.0372 e. The Kier molecular flexibility index (Phi) is 4.11. The molecule has 0 saturated carbocycles. The predicted octanol–water partition coefficient (Wildman–Crippen LogP) is 1.41. The van der Waals surface area contributed by atoms with E-state index in [-0.39, 0.29) is 0 Å². The van der Waals surface area contributed by atoms with Gasteiger partial charge in [0.1, 0.15) is 0 Å². The lowest BCUT2D eigenvalue weighted by Crippen LogP contribution is -2.15. The van der Waals surface area contributed by atoms with E-state index in [1.165, 1.54) is 5.56 Å². The van der Waals surface area contributed by atoms with E-state index in [9.17, 15) is 0 Å². The van der Waals surface area contributed by atoms with Gasteiger partial charge >= 0.3 is 0 Å². The highest BCUT2D eigenvalue weighted by Gasteiger charge is 1.91. The zero-order valence-corrected chi connectivity index (χ0v) is 8.14. The summed E-state index contributed by atoms with van der Waals surface area (Å²) < 4.78 is 0. The lowest BCUT2D eigenvalue weighted by molar-refractivity contribution is 0.730. The molecule has 1 rings (SSSR count). The summed E-state index contributed by atoms with van der Waals surface area (Å²) in [5.41, 5.74) is 2.29. The molecule has 0 unspecified atom stereocenters. The summed E-state index contributed by atoms with van der Waals surface area (Å²) in [5, 5.41) is 3.25. The minimum Gasteiger partial charge on any atom is -0.312 e. The fourth-order valence-corrected chi connectivity index (χ4v) is 1.07. The van der Waals surface area contributed by atoms with Gasteiger partial charge in [-0.2, -0.15) is 12.6 Å². The molecule has 0 amide bonds. The number of aryl methyl sites for hydroxylation is 1. The first-order valence-electron chi connectivity index (χ1n) is 4.06. The molecule has 0 bridgehead atoms. The first-order valence-corrected chi connectivity index (χ1v) is 4.69. The maximum atomic E-state index is 4.20. The second-order valence-corrected chi connectivity index (χ2v) is 3.16. The van der Waals surface area contributed by atoms with E-state index in [0.717, 1.165) is 24.5 Å². The van der Waals surface area contributed by atoms with Crippen LogP contribution in [0.15, 0.2) is 18.3 Å². The number of rotatable bonds is 4. The summed E-state index contributed by atoms with van der Waals surface area (Å²) in [5.74, 6) is 0.874. The van der Waals surface area contributed by atoms with Crippen LogP contribution in [0.5, 0.6) is 0 Å². The molecule has 0 aliphatic heterocycles. The van der Waals surface area contributed by atoms with Crippen molar-refractivity contribution in [3.8, 4) is 0 Å². The normalized spacial score (nSPS) is 10.2. The molecule has 2 nitrogen and oxygen atoms in total.